The molecule has 3 aromatic carbocycles. The van der Waals surface area contributed by atoms with E-state index >= 15 is 0 Å². The Morgan fingerprint density at radius 1 is 1.07 bits per heavy atom. The van der Waals surface area contributed by atoms with Gasteiger partial charge in [-0.1, -0.05) is 30.3 Å². The predicted octanol–water partition coefficient (Wildman–Crippen LogP) is 4.49. The standard InChI is InChI=1S/C21H16N4O3/c22-13-16-5-1-2-7-18(16)15-28-21-8-4-3-6-17(21)14-23-24-19-9-11-20(12-10-19)25(26)27/h1-12,14,24H,15H2. The summed E-state index contributed by atoms with van der Waals surface area (Å²) < 4.78 is 5.87. The fraction of sp³-hybridized carbons (Fsp3) is 0.0476. The molecule has 0 amide bonds. The highest BCUT2D eigenvalue weighted by Gasteiger charge is 2.05. The molecule has 0 radical (unpaired) electrons. The van der Waals surface area contributed by atoms with Gasteiger partial charge in [0.2, 0.25) is 0 Å². The number of hydrogen-bond donors (Lipinski definition) is 1. The van der Waals surface area contributed by atoms with Crippen molar-refractivity contribution >= 4 is 17.6 Å². The van der Waals surface area contributed by atoms with Crippen LogP contribution in [0.2, 0.25) is 0 Å². The molecule has 0 atom stereocenters. The molecule has 0 aliphatic heterocycles. The number of rotatable bonds is 7. The van der Waals surface area contributed by atoms with Gasteiger partial charge in [0.15, 0.2) is 0 Å². The summed E-state index contributed by atoms with van der Waals surface area (Å²) in [4.78, 5) is 10.2. The lowest BCUT2D eigenvalue weighted by Gasteiger charge is -2.10. The fourth-order valence-electron chi connectivity index (χ4n) is 2.46. The second-order valence-electron chi connectivity index (χ2n) is 5.77. The summed E-state index contributed by atoms with van der Waals surface area (Å²) >= 11 is 0. The highest BCUT2D eigenvalue weighted by Crippen LogP contribution is 2.19. The zero-order valence-electron chi connectivity index (χ0n) is 14.8. The maximum Gasteiger partial charge on any atom is 0.269 e. The summed E-state index contributed by atoms with van der Waals surface area (Å²) in [6, 6.07) is 22.8. The van der Waals surface area contributed by atoms with Crippen molar-refractivity contribution in [1.82, 2.24) is 0 Å². The highest BCUT2D eigenvalue weighted by molar-refractivity contribution is 5.84. The van der Waals surface area contributed by atoms with Crippen LogP contribution in [-0.4, -0.2) is 11.1 Å². The van der Waals surface area contributed by atoms with E-state index in [1.807, 2.05) is 42.5 Å². The minimum absolute atomic E-state index is 0.0194. The minimum Gasteiger partial charge on any atom is -0.488 e. The van der Waals surface area contributed by atoms with Crippen LogP contribution in [0.3, 0.4) is 0 Å². The molecular formula is C21H16N4O3. The Morgan fingerprint density at radius 3 is 2.54 bits per heavy atom. The molecule has 0 unspecified atom stereocenters. The van der Waals surface area contributed by atoms with E-state index in [2.05, 4.69) is 16.6 Å². The minimum atomic E-state index is -0.453. The molecule has 138 valence electrons. The van der Waals surface area contributed by atoms with Crippen molar-refractivity contribution in [3.05, 3.63) is 99.6 Å². The Kier molecular flexibility index (Phi) is 5.95. The van der Waals surface area contributed by atoms with Gasteiger partial charge in [-0.05, 0) is 30.3 Å². The van der Waals surface area contributed by atoms with Crippen molar-refractivity contribution < 1.29 is 9.66 Å². The van der Waals surface area contributed by atoms with Crippen molar-refractivity contribution in [3.63, 3.8) is 0 Å². The van der Waals surface area contributed by atoms with Gasteiger partial charge in [0.1, 0.15) is 12.4 Å². The monoisotopic (exact) mass is 372 g/mol. The first kappa shape index (κ1) is 18.6. The van der Waals surface area contributed by atoms with Crippen LogP contribution in [0, 0.1) is 21.4 Å². The molecule has 7 heteroatoms. The van der Waals surface area contributed by atoms with Crippen molar-refractivity contribution in [2.45, 2.75) is 6.61 Å². The number of anilines is 1. The number of ether oxygens (including phenoxy) is 1. The van der Waals surface area contributed by atoms with Gasteiger partial charge in [-0.25, -0.2) is 0 Å². The zero-order chi connectivity index (χ0) is 19.8. The molecule has 0 bridgehead atoms. The molecule has 0 aromatic heterocycles. The van der Waals surface area contributed by atoms with Crippen LogP contribution in [0.4, 0.5) is 11.4 Å². The van der Waals surface area contributed by atoms with Crippen LogP contribution >= 0.6 is 0 Å². The third-order valence-corrected chi connectivity index (χ3v) is 3.92. The molecule has 3 rings (SSSR count). The Bertz CT molecular complexity index is 1040. The van der Waals surface area contributed by atoms with Gasteiger partial charge in [-0.2, -0.15) is 10.4 Å². The smallest absolute Gasteiger partial charge is 0.269 e. The van der Waals surface area contributed by atoms with E-state index in [1.165, 1.54) is 12.1 Å². The number of benzene rings is 3. The third-order valence-electron chi connectivity index (χ3n) is 3.92. The van der Waals surface area contributed by atoms with Crippen LogP contribution < -0.4 is 10.2 Å². The van der Waals surface area contributed by atoms with Crippen molar-refractivity contribution in [3.8, 4) is 11.8 Å². The van der Waals surface area contributed by atoms with E-state index in [9.17, 15) is 10.1 Å². The Hall–Kier alpha value is -4.18. The summed E-state index contributed by atoms with van der Waals surface area (Å²) in [6.45, 7) is 0.268. The molecule has 0 aliphatic carbocycles. The predicted molar refractivity (Wildman–Crippen MR) is 106 cm³/mol. The number of nitrogens with one attached hydrogen (secondary N) is 1. The van der Waals surface area contributed by atoms with E-state index in [4.69, 9.17) is 10.00 Å². The number of nitro benzene ring substituents is 1. The molecular weight excluding hydrogens is 356 g/mol. The van der Waals surface area contributed by atoms with E-state index in [1.54, 1.807) is 24.4 Å². The molecule has 7 nitrogen and oxygen atoms in total. The Morgan fingerprint density at radius 2 is 1.79 bits per heavy atom. The molecule has 0 saturated carbocycles. The first-order valence-corrected chi connectivity index (χ1v) is 8.41. The van der Waals surface area contributed by atoms with Gasteiger partial charge < -0.3 is 4.74 Å². The van der Waals surface area contributed by atoms with Gasteiger partial charge in [-0.3, -0.25) is 15.5 Å². The summed E-state index contributed by atoms with van der Waals surface area (Å²) in [7, 11) is 0. The number of non-ortho nitro benzene ring substituents is 1. The van der Waals surface area contributed by atoms with Gasteiger partial charge in [0, 0.05) is 23.3 Å². The van der Waals surface area contributed by atoms with E-state index in [0.717, 1.165) is 11.1 Å². The maximum absolute atomic E-state index is 10.7. The zero-order valence-corrected chi connectivity index (χ0v) is 14.8. The first-order valence-electron chi connectivity index (χ1n) is 8.41. The number of nitro groups is 1. The molecule has 0 spiro atoms. The van der Waals surface area contributed by atoms with E-state index in [-0.39, 0.29) is 12.3 Å². The fourth-order valence-corrected chi connectivity index (χ4v) is 2.46. The van der Waals surface area contributed by atoms with Gasteiger partial charge in [0.05, 0.1) is 28.5 Å². The lowest BCUT2D eigenvalue weighted by molar-refractivity contribution is -0.384. The normalized spacial score (nSPS) is 10.4. The highest BCUT2D eigenvalue weighted by atomic mass is 16.6. The molecule has 0 saturated heterocycles. The molecule has 0 aliphatic rings. The number of nitrogens with zero attached hydrogens (tertiary/aromatic N) is 3. The number of hydrogen-bond acceptors (Lipinski definition) is 6. The second kappa shape index (κ2) is 8.96. The van der Waals surface area contributed by atoms with Crippen molar-refractivity contribution in [1.29, 1.82) is 5.26 Å². The van der Waals surface area contributed by atoms with E-state index < -0.39 is 4.92 Å². The van der Waals surface area contributed by atoms with Crippen LogP contribution in [0.25, 0.3) is 0 Å². The first-order chi connectivity index (χ1) is 13.7. The Labute approximate surface area is 161 Å². The van der Waals surface area contributed by atoms with Gasteiger partial charge in [0.25, 0.3) is 5.69 Å². The van der Waals surface area contributed by atoms with Crippen molar-refractivity contribution in [2.75, 3.05) is 5.43 Å². The van der Waals surface area contributed by atoms with Gasteiger partial charge in [-0.15, -0.1) is 0 Å². The molecule has 28 heavy (non-hydrogen) atoms. The number of nitriles is 1. The number of para-hydroxylation sites is 1. The van der Waals surface area contributed by atoms with Crippen molar-refractivity contribution in [2.24, 2.45) is 5.10 Å². The topological polar surface area (TPSA) is 101 Å². The summed E-state index contributed by atoms with van der Waals surface area (Å²) in [5, 5.41) is 24.0. The quantitative estimate of drug-likeness (QED) is 0.374. The molecule has 3 aromatic rings. The number of hydrazone groups is 1. The molecule has 0 heterocycles. The average molecular weight is 372 g/mol. The van der Waals surface area contributed by atoms with Gasteiger partial charge >= 0.3 is 0 Å². The molecule has 0 fully saturated rings. The second-order valence-corrected chi connectivity index (χ2v) is 5.77. The van der Waals surface area contributed by atoms with Crippen LogP contribution in [0.15, 0.2) is 77.9 Å². The van der Waals surface area contributed by atoms with E-state index in [0.29, 0.717) is 17.0 Å². The lowest BCUT2D eigenvalue weighted by Crippen LogP contribution is -2.01. The average Bonchev–Trinajstić information content (AvgIpc) is 2.73. The van der Waals surface area contributed by atoms with Crippen LogP contribution in [0.1, 0.15) is 16.7 Å². The lowest BCUT2D eigenvalue weighted by atomic mass is 10.1. The largest absolute Gasteiger partial charge is 0.488 e. The third kappa shape index (κ3) is 4.71. The summed E-state index contributed by atoms with van der Waals surface area (Å²) in [5.41, 5.74) is 5.61. The maximum atomic E-state index is 10.7. The molecule has 1 N–H and O–H groups in total. The van der Waals surface area contributed by atoms with Crippen LogP contribution in [-0.2, 0) is 6.61 Å². The summed E-state index contributed by atoms with van der Waals surface area (Å²) in [6.07, 6.45) is 1.60. The van der Waals surface area contributed by atoms with Crippen LogP contribution in [0.5, 0.6) is 5.75 Å². The summed E-state index contributed by atoms with van der Waals surface area (Å²) in [5.74, 6) is 0.629. The Balaban J connectivity index is 1.67. The SMILES string of the molecule is N#Cc1ccccc1COc1ccccc1C=NNc1ccc([N+](=O)[O-])cc1.